The monoisotopic (exact) mass is 406 g/mol. The summed E-state index contributed by atoms with van der Waals surface area (Å²) in [7, 11) is 1.60. The van der Waals surface area contributed by atoms with Crippen LogP contribution in [-0.4, -0.2) is 52.1 Å². The number of aromatic nitrogens is 3. The van der Waals surface area contributed by atoms with E-state index in [4.69, 9.17) is 14.5 Å². The highest BCUT2D eigenvalue weighted by Gasteiger charge is 2.32. The molecule has 0 N–H and O–H groups in total. The summed E-state index contributed by atoms with van der Waals surface area (Å²) in [5.74, 6) is 1.63. The first-order chi connectivity index (χ1) is 14.8. The summed E-state index contributed by atoms with van der Waals surface area (Å²) in [4.78, 5) is 24.5. The second-order valence-electron chi connectivity index (χ2n) is 7.91. The molecule has 2 saturated heterocycles. The first-order valence-electron chi connectivity index (χ1n) is 10.6. The maximum Gasteiger partial charge on any atom is 0.257 e. The summed E-state index contributed by atoms with van der Waals surface area (Å²) in [6, 6.07) is 11.6. The van der Waals surface area contributed by atoms with Gasteiger partial charge >= 0.3 is 0 Å². The Bertz CT molecular complexity index is 1050. The SMILES string of the molecule is COc1ccccc1C(=O)N1CCC(n2c([C@@H]3CCCO3)nc3cccnc32)CC1. The van der Waals surface area contributed by atoms with Crippen LogP contribution in [0.3, 0.4) is 0 Å². The Labute approximate surface area is 175 Å². The van der Waals surface area contributed by atoms with Gasteiger partial charge in [0.1, 0.15) is 23.2 Å². The van der Waals surface area contributed by atoms with Gasteiger partial charge in [0.05, 0.1) is 12.7 Å². The van der Waals surface area contributed by atoms with Gasteiger partial charge in [-0.05, 0) is 49.9 Å². The first kappa shape index (κ1) is 19.1. The quantitative estimate of drug-likeness (QED) is 0.660. The number of amides is 1. The van der Waals surface area contributed by atoms with E-state index >= 15 is 0 Å². The van der Waals surface area contributed by atoms with E-state index in [0.29, 0.717) is 24.4 Å². The molecule has 5 rings (SSSR count). The van der Waals surface area contributed by atoms with Gasteiger partial charge in [-0.25, -0.2) is 9.97 Å². The van der Waals surface area contributed by atoms with Crippen molar-refractivity contribution in [1.29, 1.82) is 0 Å². The maximum absolute atomic E-state index is 13.1. The molecule has 2 aliphatic heterocycles. The van der Waals surface area contributed by atoms with E-state index in [2.05, 4.69) is 9.55 Å². The van der Waals surface area contributed by atoms with E-state index in [1.807, 2.05) is 47.5 Å². The predicted molar refractivity (Wildman–Crippen MR) is 113 cm³/mol. The number of rotatable bonds is 4. The number of nitrogens with zero attached hydrogens (tertiary/aromatic N) is 4. The molecule has 0 saturated carbocycles. The molecular weight excluding hydrogens is 380 g/mol. The molecule has 4 heterocycles. The Kier molecular flexibility index (Phi) is 5.12. The highest BCUT2D eigenvalue weighted by molar-refractivity contribution is 5.97. The van der Waals surface area contributed by atoms with Crippen LogP contribution in [0, 0.1) is 0 Å². The molecule has 1 aromatic carbocycles. The molecule has 0 unspecified atom stereocenters. The van der Waals surface area contributed by atoms with Crippen LogP contribution >= 0.6 is 0 Å². The van der Waals surface area contributed by atoms with E-state index in [9.17, 15) is 4.79 Å². The minimum Gasteiger partial charge on any atom is -0.496 e. The summed E-state index contributed by atoms with van der Waals surface area (Å²) in [5, 5.41) is 0. The fourth-order valence-electron chi connectivity index (χ4n) is 4.63. The number of methoxy groups -OCH3 is 1. The van der Waals surface area contributed by atoms with Crippen molar-refractivity contribution in [3.8, 4) is 5.75 Å². The molecule has 0 radical (unpaired) electrons. The van der Waals surface area contributed by atoms with E-state index in [1.165, 1.54) is 0 Å². The Morgan fingerprint density at radius 2 is 1.97 bits per heavy atom. The van der Waals surface area contributed by atoms with Gasteiger partial charge in [0.25, 0.3) is 5.91 Å². The fourth-order valence-corrected chi connectivity index (χ4v) is 4.63. The number of fused-ring (bicyclic) bond motifs is 1. The summed E-state index contributed by atoms with van der Waals surface area (Å²) in [6.07, 6.45) is 5.64. The van der Waals surface area contributed by atoms with Gasteiger partial charge in [-0.1, -0.05) is 12.1 Å². The van der Waals surface area contributed by atoms with E-state index in [1.54, 1.807) is 7.11 Å². The van der Waals surface area contributed by atoms with Gasteiger partial charge in [-0.15, -0.1) is 0 Å². The van der Waals surface area contributed by atoms with E-state index in [-0.39, 0.29) is 18.1 Å². The largest absolute Gasteiger partial charge is 0.496 e. The lowest BCUT2D eigenvalue weighted by Crippen LogP contribution is -2.39. The number of para-hydroxylation sites is 1. The van der Waals surface area contributed by atoms with Crippen molar-refractivity contribution in [2.24, 2.45) is 0 Å². The van der Waals surface area contributed by atoms with Gasteiger partial charge in [-0.2, -0.15) is 0 Å². The smallest absolute Gasteiger partial charge is 0.257 e. The van der Waals surface area contributed by atoms with Crippen LogP contribution in [0.15, 0.2) is 42.6 Å². The summed E-state index contributed by atoms with van der Waals surface area (Å²) in [5.41, 5.74) is 2.45. The number of imidazole rings is 1. The zero-order valence-corrected chi connectivity index (χ0v) is 17.2. The molecule has 7 nitrogen and oxygen atoms in total. The molecule has 1 amide bonds. The number of hydrogen-bond acceptors (Lipinski definition) is 5. The van der Waals surface area contributed by atoms with Gasteiger partial charge < -0.3 is 18.9 Å². The Morgan fingerprint density at radius 1 is 1.13 bits per heavy atom. The summed E-state index contributed by atoms with van der Waals surface area (Å²) < 4.78 is 13.6. The molecule has 7 heteroatoms. The third-order valence-corrected chi connectivity index (χ3v) is 6.15. The summed E-state index contributed by atoms with van der Waals surface area (Å²) in [6.45, 7) is 2.17. The fraction of sp³-hybridized carbons (Fsp3) is 0.435. The number of ether oxygens (including phenoxy) is 2. The summed E-state index contributed by atoms with van der Waals surface area (Å²) >= 11 is 0. The van der Waals surface area contributed by atoms with E-state index < -0.39 is 0 Å². The van der Waals surface area contributed by atoms with Crippen molar-refractivity contribution in [3.63, 3.8) is 0 Å². The lowest BCUT2D eigenvalue weighted by molar-refractivity contribution is 0.0678. The van der Waals surface area contributed by atoms with Crippen LogP contribution in [0.25, 0.3) is 11.2 Å². The number of benzene rings is 1. The predicted octanol–water partition coefficient (Wildman–Crippen LogP) is 3.77. The van der Waals surface area contributed by atoms with Crippen LogP contribution in [0.4, 0.5) is 0 Å². The Balaban J connectivity index is 1.39. The minimum atomic E-state index is 0.0267. The normalized spacial score (nSPS) is 20.0. The zero-order valence-electron chi connectivity index (χ0n) is 17.2. The molecule has 2 aliphatic rings. The average molecular weight is 406 g/mol. The van der Waals surface area contributed by atoms with Crippen LogP contribution in [-0.2, 0) is 4.74 Å². The second kappa shape index (κ2) is 8.07. The van der Waals surface area contributed by atoms with Crippen LogP contribution < -0.4 is 4.74 Å². The average Bonchev–Trinajstić information content (AvgIpc) is 3.46. The molecule has 30 heavy (non-hydrogen) atoms. The van der Waals surface area contributed by atoms with Gasteiger partial charge in [0.15, 0.2) is 5.65 Å². The first-order valence-corrected chi connectivity index (χ1v) is 10.6. The number of carbonyl (C=O) groups excluding carboxylic acids is 1. The van der Waals surface area contributed by atoms with Crippen LogP contribution in [0.2, 0.25) is 0 Å². The topological polar surface area (TPSA) is 69.5 Å². The number of carbonyl (C=O) groups is 1. The van der Waals surface area contributed by atoms with Crippen molar-refractivity contribution < 1.29 is 14.3 Å². The molecule has 0 spiro atoms. The molecule has 1 atom stereocenters. The zero-order chi connectivity index (χ0) is 20.5. The molecule has 0 aliphatic carbocycles. The molecule has 0 bridgehead atoms. The van der Waals surface area contributed by atoms with Gasteiger partial charge in [0.2, 0.25) is 0 Å². The molecule has 156 valence electrons. The van der Waals surface area contributed by atoms with Crippen LogP contribution in [0.5, 0.6) is 5.75 Å². The number of piperidine rings is 1. The van der Waals surface area contributed by atoms with Crippen LogP contribution in [0.1, 0.15) is 54.0 Å². The third-order valence-electron chi connectivity index (χ3n) is 6.15. The highest BCUT2D eigenvalue weighted by atomic mass is 16.5. The third kappa shape index (κ3) is 3.33. The molecule has 3 aromatic rings. The van der Waals surface area contributed by atoms with Crippen molar-refractivity contribution in [2.75, 3.05) is 26.8 Å². The molecule has 2 fully saturated rings. The van der Waals surface area contributed by atoms with Crippen molar-refractivity contribution in [2.45, 2.75) is 37.8 Å². The van der Waals surface area contributed by atoms with Crippen molar-refractivity contribution >= 4 is 17.1 Å². The maximum atomic E-state index is 13.1. The lowest BCUT2D eigenvalue weighted by atomic mass is 10.0. The molecule has 2 aromatic heterocycles. The standard InChI is InChI=1S/C23H26N4O3/c1-29-19-8-3-2-6-17(19)23(28)26-13-10-16(11-14-26)27-21-18(7-4-12-24-21)25-22(27)20-9-5-15-30-20/h2-4,6-8,12,16,20H,5,9-11,13-15H2,1H3/t20-/m0/s1. The van der Waals surface area contributed by atoms with E-state index in [0.717, 1.165) is 49.3 Å². The highest BCUT2D eigenvalue weighted by Crippen LogP contribution is 2.35. The minimum absolute atomic E-state index is 0.0267. The molecular formula is C23H26N4O3. The van der Waals surface area contributed by atoms with Crippen molar-refractivity contribution in [3.05, 3.63) is 54.0 Å². The van der Waals surface area contributed by atoms with Gasteiger partial charge in [-0.3, -0.25) is 4.79 Å². The number of likely N-dealkylation sites (tertiary alicyclic amines) is 1. The second-order valence-corrected chi connectivity index (χ2v) is 7.91. The number of hydrogen-bond donors (Lipinski definition) is 0. The lowest BCUT2D eigenvalue weighted by Gasteiger charge is -2.34. The van der Waals surface area contributed by atoms with Gasteiger partial charge in [0, 0.05) is 31.9 Å². The number of pyridine rings is 1. The Morgan fingerprint density at radius 3 is 2.73 bits per heavy atom. The Hall–Kier alpha value is -2.93. The van der Waals surface area contributed by atoms with Crippen molar-refractivity contribution in [1.82, 2.24) is 19.4 Å².